The molecule has 2 aromatic heterocycles. The number of nitrogens with one attached hydrogen (secondary N) is 3. The molecule has 5 N–H and O–H groups in total. The van der Waals surface area contributed by atoms with Crippen LogP contribution >= 0.6 is 0 Å². The molecule has 3 saturated heterocycles. The summed E-state index contributed by atoms with van der Waals surface area (Å²) in [6, 6.07) is 22.7. The van der Waals surface area contributed by atoms with E-state index in [0.29, 0.717) is 50.0 Å². The molecule has 63 heavy (non-hydrogen) atoms. The number of carbonyl (C=O) groups is 4. The standard InChI is InChI=1S/C47H52FN11O4/c1-29-4-3-5-39(50-29)52-46(62)36-11-12-37(42(48)30(36)2)43-41(44(49)61)45-51-38-13-10-35(26-33(38)16-21-59(45)54-43)57-24-22-55(23-25-57)27-32-14-18-56(19-15-32)34-8-6-31(7-9-34)28-58-20-17-40(60)53-47(58)63/h3-13,26,32,51H,14-25,27-28H2,1-2H3,(H2,49,61)(H,50,52,62)(H,53,60,63). The molecule has 4 aliphatic rings. The molecule has 5 aromatic rings. The number of rotatable bonds is 10. The highest BCUT2D eigenvalue weighted by molar-refractivity contribution is 6.07. The minimum atomic E-state index is -0.736. The topological polar surface area (TPSA) is 174 Å². The van der Waals surface area contributed by atoms with Crippen molar-refractivity contribution in [1.82, 2.24) is 29.9 Å². The molecule has 0 aliphatic carbocycles. The van der Waals surface area contributed by atoms with Crippen molar-refractivity contribution in [1.29, 1.82) is 0 Å². The van der Waals surface area contributed by atoms with Gasteiger partial charge in [0.15, 0.2) is 0 Å². The SMILES string of the molecule is Cc1cccc(NC(=O)c2ccc(-c3nn4c(c3C(N)=O)Nc3ccc(N5CCN(CC6CCN(c7ccc(CN8CCC(=O)NC8=O)cc7)CC6)CC5)cc3CC4)c(F)c2C)n1. The van der Waals surface area contributed by atoms with E-state index in [1.807, 2.05) is 19.1 Å². The molecular weight excluding hydrogens is 802 g/mol. The van der Waals surface area contributed by atoms with Crippen LogP contribution in [-0.2, 0) is 24.3 Å². The predicted octanol–water partition coefficient (Wildman–Crippen LogP) is 5.83. The Bertz CT molecular complexity index is 2580. The molecule has 16 heteroatoms. The number of nitrogens with zero attached hydrogens (tertiary/aromatic N) is 7. The lowest BCUT2D eigenvalue weighted by Gasteiger charge is -2.40. The van der Waals surface area contributed by atoms with Gasteiger partial charge in [-0.2, -0.15) is 5.10 Å². The van der Waals surface area contributed by atoms with Crippen LogP contribution in [0.2, 0.25) is 0 Å². The van der Waals surface area contributed by atoms with Gasteiger partial charge >= 0.3 is 6.03 Å². The zero-order chi connectivity index (χ0) is 43.8. The van der Waals surface area contributed by atoms with Gasteiger partial charge in [0.2, 0.25) is 5.91 Å². The first-order valence-electron chi connectivity index (χ1n) is 21.7. The first-order valence-corrected chi connectivity index (χ1v) is 21.7. The fourth-order valence-corrected chi connectivity index (χ4v) is 9.25. The van der Waals surface area contributed by atoms with Gasteiger partial charge in [-0.25, -0.2) is 18.9 Å². The van der Waals surface area contributed by atoms with Crippen LogP contribution in [0.3, 0.4) is 0 Å². The van der Waals surface area contributed by atoms with Gasteiger partial charge in [-0.05, 0) is 110 Å². The van der Waals surface area contributed by atoms with Crippen molar-refractivity contribution >= 4 is 52.5 Å². The van der Waals surface area contributed by atoms with E-state index in [4.69, 9.17) is 10.8 Å². The van der Waals surface area contributed by atoms with Crippen molar-refractivity contribution < 1.29 is 23.6 Å². The fourth-order valence-electron chi connectivity index (χ4n) is 9.25. The Kier molecular flexibility index (Phi) is 11.5. The quantitative estimate of drug-likeness (QED) is 0.134. The summed E-state index contributed by atoms with van der Waals surface area (Å²) in [5.74, 6) is -0.682. The average molecular weight is 854 g/mol. The molecule has 0 atom stereocenters. The number of piperazine rings is 1. The molecule has 0 bridgehead atoms. The van der Waals surface area contributed by atoms with Crippen molar-refractivity contribution in [2.75, 3.05) is 72.8 Å². The number of halogens is 1. The number of hydrogen-bond acceptors (Lipinski definition) is 10. The van der Waals surface area contributed by atoms with E-state index in [0.717, 1.165) is 86.9 Å². The Balaban J connectivity index is 0.790. The van der Waals surface area contributed by atoms with Gasteiger partial charge in [0.25, 0.3) is 11.8 Å². The number of urea groups is 1. The third-order valence-corrected chi connectivity index (χ3v) is 12.8. The number of nitrogens with two attached hydrogens (primary N) is 1. The number of amides is 5. The second-order valence-electron chi connectivity index (χ2n) is 17.0. The maximum atomic E-state index is 16.1. The summed E-state index contributed by atoms with van der Waals surface area (Å²) in [4.78, 5) is 63.2. The Labute approximate surface area is 365 Å². The lowest BCUT2D eigenvalue weighted by molar-refractivity contribution is -0.121. The second-order valence-corrected chi connectivity index (χ2v) is 17.0. The molecule has 6 heterocycles. The number of hydrogen-bond donors (Lipinski definition) is 4. The molecule has 9 rings (SSSR count). The highest BCUT2D eigenvalue weighted by Crippen LogP contribution is 2.38. The summed E-state index contributed by atoms with van der Waals surface area (Å²) in [5, 5.41) is 13.2. The van der Waals surface area contributed by atoms with Crippen LogP contribution < -0.4 is 31.5 Å². The molecule has 4 aliphatic heterocycles. The zero-order valence-electron chi connectivity index (χ0n) is 35.6. The normalized spacial score (nSPS) is 17.1. The van der Waals surface area contributed by atoms with E-state index in [1.165, 1.54) is 24.7 Å². The van der Waals surface area contributed by atoms with Gasteiger partial charge < -0.3 is 31.1 Å². The van der Waals surface area contributed by atoms with E-state index < -0.39 is 17.6 Å². The number of piperidine rings is 1. The largest absolute Gasteiger partial charge is 0.372 e. The zero-order valence-corrected chi connectivity index (χ0v) is 35.6. The lowest BCUT2D eigenvalue weighted by Crippen LogP contribution is -2.49. The highest BCUT2D eigenvalue weighted by Gasteiger charge is 2.30. The van der Waals surface area contributed by atoms with Gasteiger partial charge in [0.1, 0.15) is 28.7 Å². The van der Waals surface area contributed by atoms with Crippen LogP contribution in [-0.4, -0.2) is 101 Å². The summed E-state index contributed by atoms with van der Waals surface area (Å²) >= 11 is 0. The maximum absolute atomic E-state index is 16.1. The van der Waals surface area contributed by atoms with Crippen molar-refractivity contribution in [3.63, 3.8) is 0 Å². The fraction of sp³-hybridized carbons (Fsp3) is 0.362. The van der Waals surface area contributed by atoms with Crippen molar-refractivity contribution in [2.45, 2.75) is 52.6 Å². The van der Waals surface area contributed by atoms with Crippen molar-refractivity contribution in [3.8, 4) is 11.3 Å². The Morgan fingerprint density at radius 2 is 1.59 bits per heavy atom. The molecule has 5 amide bonds. The Morgan fingerprint density at radius 1 is 0.841 bits per heavy atom. The van der Waals surface area contributed by atoms with E-state index >= 15 is 4.39 Å². The predicted molar refractivity (Wildman–Crippen MR) is 240 cm³/mol. The van der Waals surface area contributed by atoms with Crippen LogP contribution in [0.4, 0.5) is 37.9 Å². The number of aromatic nitrogens is 3. The number of fused-ring (bicyclic) bond motifs is 2. The molecule has 0 radical (unpaired) electrons. The van der Waals surface area contributed by atoms with Gasteiger partial charge in [0.05, 0.1) is 0 Å². The van der Waals surface area contributed by atoms with Gasteiger partial charge in [-0.3, -0.25) is 24.6 Å². The number of imide groups is 1. The highest BCUT2D eigenvalue weighted by atomic mass is 19.1. The number of pyridine rings is 1. The number of benzene rings is 3. The molecular formula is C47H52FN11O4. The molecule has 0 spiro atoms. The Morgan fingerprint density at radius 3 is 2.32 bits per heavy atom. The molecule has 0 saturated carbocycles. The van der Waals surface area contributed by atoms with Gasteiger partial charge in [-0.15, -0.1) is 0 Å². The van der Waals surface area contributed by atoms with E-state index in [1.54, 1.807) is 21.7 Å². The third-order valence-electron chi connectivity index (χ3n) is 12.8. The van der Waals surface area contributed by atoms with Crippen molar-refractivity contribution in [3.05, 3.63) is 112 Å². The first-order chi connectivity index (χ1) is 30.5. The summed E-state index contributed by atoms with van der Waals surface area (Å²) in [7, 11) is 0. The van der Waals surface area contributed by atoms with Crippen LogP contribution in [0.1, 0.15) is 62.4 Å². The van der Waals surface area contributed by atoms with Crippen LogP contribution in [0.15, 0.2) is 72.8 Å². The summed E-state index contributed by atoms with van der Waals surface area (Å²) in [6.07, 6.45) is 3.26. The number of aryl methyl sites for hydroxylation is 3. The van der Waals surface area contributed by atoms with Gasteiger partial charge in [-0.1, -0.05) is 18.2 Å². The molecule has 0 unspecified atom stereocenters. The Hall–Kier alpha value is -6.81. The van der Waals surface area contributed by atoms with Crippen molar-refractivity contribution in [2.24, 2.45) is 11.7 Å². The second kappa shape index (κ2) is 17.5. The molecule has 3 fully saturated rings. The lowest BCUT2D eigenvalue weighted by atomic mass is 9.95. The molecule has 3 aromatic carbocycles. The van der Waals surface area contributed by atoms with Gasteiger partial charge in [0, 0.05) is 106 Å². The first kappa shape index (κ1) is 41.5. The van der Waals surface area contributed by atoms with Crippen LogP contribution in [0.25, 0.3) is 11.3 Å². The minimum absolute atomic E-state index is 0.0834. The molecule has 326 valence electrons. The number of carbonyl (C=O) groups excluding carboxylic acids is 4. The smallest absolute Gasteiger partial charge is 0.324 e. The third kappa shape index (κ3) is 8.80. The summed E-state index contributed by atoms with van der Waals surface area (Å²) < 4.78 is 17.8. The van der Waals surface area contributed by atoms with Crippen LogP contribution in [0, 0.1) is 25.6 Å². The summed E-state index contributed by atoms with van der Waals surface area (Å²) in [6.45, 7) is 11.7. The number of primary amides is 1. The molecule has 15 nitrogen and oxygen atoms in total. The van der Waals surface area contributed by atoms with E-state index in [9.17, 15) is 19.2 Å². The monoisotopic (exact) mass is 853 g/mol. The maximum Gasteiger partial charge on any atom is 0.324 e. The van der Waals surface area contributed by atoms with E-state index in [-0.39, 0.29) is 39.9 Å². The average Bonchev–Trinajstić information content (AvgIpc) is 3.53. The summed E-state index contributed by atoms with van der Waals surface area (Å²) in [5.41, 5.74) is 12.6. The number of anilines is 5. The van der Waals surface area contributed by atoms with Crippen LogP contribution in [0.5, 0.6) is 0 Å². The minimum Gasteiger partial charge on any atom is -0.372 e. The van der Waals surface area contributed by atoms with E-state index in [2.05, 4.69) is 72.0 Å².